The fraction of sp³-hybridized carbons (Fsp3) is 0.625. The third kappa shape index (κ3) is 3.26. The molecule has 0 amide bonds. The van der Waals surface area contributed by atoms with Crippen molar-refractivity contribution in [3.63, 3.8) is 0 Å². The molecule has 2 nitrogen and oxygen atoms in total. The molecule has 0 heterocycles. The summed E-state index contributed by atoms with van der Waals surface area (Å²) >= 11 is 0. The summed E-state index contributed by atoms with van der Waals surface area (Å²) in [7, 11) is 0. The van der Waals surface area contributed by atoms with Gasteiger partial charge in [0.05, 0.1) is 0 Å². The Morgan fingerprint density at radius 2 is 2.06 bits per heavy atom. The zero-order valence-corrected chi connectivity index (χ0v) is 11.7. The lowest BCUT2D eigenvalue weighted by Gasteiger charge is -2.32. The zero-order valence-electron chi connectivity index (χ0n) is 11.7. The van der Waals surface area contributed by atoms with Gasteiger partial charge in [-0.2, -0.15) is 0 Å². The maximum atomic E-state index is 6.16. The topological polar surface area (TPSA) is 35.2 Å². The van der Waals surface area contributed by atoms with E-state index in [1.54, 1.807) is 0 Å². The minimum Gasteiger partial charge on any atom is -0.489 e. The van der Waals surface area contributed by atoms with Crippen LogP contribution in [0.3, 0.4) is 0 Å². The van der Waals surface area contributed by atoms with Crippen molar-refractivity contribution < 1.29 is 4.74 Å². The molecule has 1 aromatic carbocycles. The van der Waals surface area contributed by atoms with Crippen LogP contribution in [0.1, 0.15) is 51.5 Å². The summed E-state index contributed by atoms with van der Waals surface area (Å²) in [6.07, 6.45) is 3.56. The van der Waals surface area contributed by atoms with Gasteiger partial charge in [-0.05, 0) is 48.8 Å². The van der Waals surface area contributed by atoms with Crippen molar-refractivity contribution in [2.75, 3.05) is 0 Å². The smallest absolute Gasteiger partial charge is 0.120 e. The third-order valence-electron chi connectivity index (χ3n) is 3.92. The van der Waals surface area contributed by atoms with E-state index in [0.29, 0.717) is 5.92 Å². The van der Waals surface area contributed by atoms with Crippen LogP contribution in [0.25, 0.3) is 0 Å². The second-order valence-corrected chi connectivity index (χ2v) is 5.97. The number of benzene rings is 1. The Morgan fingerprint density at radius 3 is 2.78 bits per heavy atom. The highest BCUT2D eigenvalue weighted by atomic mass is 16.5. The van der Waals surface area contributed by atoms with E-state index in [1.165, 1.54) is 12.0 Å². The van der Waals surface area contributed by atoms with Gasteiger partial charge in [0.15, 0.2) is 0 Å². The molecule has 0 aliphatic heterocycles. The molecular formula is C16H25NO. The van der Waals surface area contributed by atoms with Gasteiger partial charge >= 0.3 is 0 Å². The van der Waals surface area contributed by atoms with E-state index in [2.05, 4.69) is 39.0 Å². The summed E-state index contributed by atoms with van der Waals surface area (Å²) in [6.45, 7) is 6.69. The Balaban J connectivity index is 2.06. The quantitative estimate of drug-likeness (QED) is 0.883. The Hall–Kier alpha value is -1.02. The fourth-order valence-electron chi connectivity index (χ4n) is 2.61. The highest BCUT2D eigenvalue weighted by Crippen LogP contribution is 2.28. The normalized spacial score (nSPS) is 28.4. The van der Waals surface area contributed by atoms with Crippen LogP contribution in [-0.2, 0) is 0 Å². The van der Waals surface area contributed by atoms with Gasteiger partial charge in [0, 0.05) is 6.04 Å². The van der Waals surface area contributed by atoms with Crippen molar-refractivity contribution in [1.82, 2.24) is 0 Å². The molecule has 1 aromatic rings. The average molecular weight is 247 g/mol. The molecule has 1 aliphatic carbocycles. The summed E-state index contributed by atoms with van der Waals surface area (Å²) in [5.41, 5.74) is 7.49. The lowest BCUT2D eigenvalue weighted by Crippen LogP contribution is -2.43. The molecule has 0 aromatic heterocycles. The number of nitrogens with two attached hydrogens (primary N) is 1. The zero-order chi connectivity index (χ0) is 13.1. The van der Waals surface area contributed by atoms with Crippen LogP contribution in [0.4, 0.5) is 0 Å². The summed E-state index contributed by atoms with van der Waals surface area (Å²) in [6, 6.07) is 8.60. The van der Waals surface area contributed by atoms with E-state index >= 15 is 0 Å². The molecule has 18 heavy (non-hydrogen) atoms. The highest BCUT2D eigenvalue weighted by Gasteiger charge is 2.27. The van der Waals surface area contributed by atoms with Crippen LogP contribution in [0, 0.1) is 5.92 Å². The molecule has 2 rings (SSSR count). The van der Waals surface area contributed by atoms with Gasteiger partial charge in [-0.15, -0.1) is 0 Å². The van der Waals surface area contributed by atoms with E-state index in [0.717, 1.165) is 24.5 Å². The number of rotatable bonds is 3. The Morgan fingerprint density at radius 1 is 1.28 bits per heavy atom. The predicted molar refractivity (Wildman–Crippen MR) is 75.9 cm³/mol. The van der Waals surface area contributed by atoms with E-state index in [4.69, 9.17) is 10.5 Å². The molecule has 2 heteroatoms. The molecule has 100 valence electrons. The summed E-state index contributed by atoms with van der Waals surface area (Å²) in [5, 5.41) is 0. The standard InChI is InChI=1S/C16H25NO/c1-11(2)13-5-4-6-14(10-13)18-16-9-12(3)7-8-15(16)17/h4-6,10-12,15-16H,7-9,17H2,1-3H3. The first-order chi connectivity index (χ1) is 8.56. The van der Waals surface area contributed by atoms with Crippen LogP contribution in [0.15, 0.2) is 24.3 Å². The maximum Gasteiger partial charge on any atom is 0.120 e. The molecular weight excluding hydrogens is 222 g/mol. The molecule has 0 spiro atoms. The number of hydrogen-bond acceptors (Lipinski definition) is 2. The highest BCUT2D eigenvalue weighted by molar-refractivity contribution is 5.30. The molecule has 2 N–H and O–H groups in total. The first-order valence-electron chi connectivity index (χ1n) is 7.08. The summed E-state index contributed by atoms with van der Waals surface area (Å²) < 4.78 is 6.10. The predicted octanol–water partition coefficient (Wildman–Crippen LogP) is 3.70. The minimum atomic E-state index is 0.177. The number of ether oxygens (including phenoxy) is 1. The van der Waals surface area contributed by atoms with Crippen molar-refractivity contribution in [2.45, 2.75) is 58.1 Å². The SMILES string of the molecule is CC1CCC(N)C(Oc2cccc(C(C)C)c2)C1. The van der Waals surface area contributed by atoms with Gasteiger partial charge in [-0.25, -0.2) is 0 Å². The monoisotopic (exact) mass is 247 g/mol. The number of hydrogen-bond donors (Lipinski definition) is 1. The van der Waals surface area contributed by atoms with Crippen LogP contribution >= 0.6 is 0 Å². The van der Waals surface area contributed by atoms with Crippen molar-refractivity contribution in [3.05, 3.63) is 29.8 Å². The first kappa shape index (κ1) is 13.4. The molecule has 0 radical (unpaired) electrons. The second kappa shape index (κ2) is 5.75. The van der Waals surface area contributed by atoms with Crippen LogP contribution in [-0.4, -0.2) is 12.1 Å². The van der Waals surface area contributed by atoms with Gasteiger partial charge in [-0.1, -0.05) is 32.9 Å². The largest absolute Gasteiger partial charge is 0.489 e. The van der Waals surface area contributed by atoms with Gasteiger partial charge < -0.3 is 10.5 Å². The van der Waals surface area contributed by atoms with E-state index in [-0.39, 0.29) is 12.1 Å². The molecule has 1 fully saturated rings. The Kier molecular flexibility index (Phi) is 4.28. The van der Waals surface area contributed by atoms with Gasteiger partial charge in [0.2, 0.25) is 0 Å². The molecule has 0 bridgehead atoms. The molecule has 1 saturated carbocycles. The lowest BCUT2D eigenvalue weighted by atomic mass is 9.85. The first-order valence-corrected chi connectivity index (χ1v) is 7.08. The maximum absolute atomic E-state index is 6.16. The average Bonchev–Trinajstić information content (AvgIpc) is 2.34. The molecule has 3 atom stereocenters. The van der Waals surface area contributed by atoms with Crippen molar-refractivity contribution in [3.8, 4) is 5.75 Å². The second-order valence-electron chi connectivity index (χ2n) is 5.97. The van der Waals surface area contributed by atoms with Crippen LogP contribution in [0.5, 0.6) is 5.75 Å². The lowest BCUT2D eigenvalue weighted by molar-refractivity contribution is 0.108. The Labute approximate surface area is 111 Å². The van der Waals surface area contributed by atoms with Gasteiger partial charge in [0.25, 0.3) is 0 Å². The van der Waals surface area contributed by atoms with Gasteiger partial charge in [-0.3, -0.25) is 0 Å². The van der Waals surface area contributed by atoms with Crippen LogP contribution < -0.4 is 10.5 Å². The summed E-state index contributed by atoms with van der Waals surface area (Å²) in [4.78, 5) is 0. The fourth-order valence-corrected chi connectivity index (χ4v) is 2.61. The summed E-state index contributed by atoms with van der Waals surface area (Å²) in [5.74, 6) is 2.23. The van der Waals surface area contributed by atoms with E-state index < -0.39 is 0 Å². The molecule has 3 unspecified atom stereocenters. The third-order valence-corrected chi connectivity index (χ3v) is 3.92. The minimum absolute atomic E-state index is 0.177. The van der Waals surface area contributed by atoms with E-state index in [9.17, 15) is 0 Å². The van der Waals surface area contributed by atoms with Crippen molar-refractivity contribution in [2.24, 2.45) is 11.7 Å². The van der Waals surface area contributed by atoms with Crippen molar-refractivity contribution in [1.29, 1.82) is 0 Å². The molecule has 0 saturated heterocycles. The Bertz CT molecular complexity index is 388. The van der Waals surface area contributed by atoms with Gasteiger partial charge in [0.1, 0.15) is 11.9 Å². The van der Waals surface area contributed by atoms with Crippen molar-refractivity contribution >= 4 is 0 Å². The van der Waals surface area contributed by atoms with E-state index in [1.807, 2.05) is 6.07 Å². The molecule has 1 aliphatic rings. The van der Waals surface area contributed by atoms with Crippen LogP contribution in [0.2, 0.25) is 0 Å².